The van der Waals surface area contributed by atoms with Gasteiger partial charge in [-0.15, -0.1) is 0 Å². The minimum Gasteiger partial charge on any atom is -0.507 e. The number of phenolic OH excluding ortho intramolecular Hbond substituents is 1. The van der Waals surface area contributed by atoms with Gasteiger partial charge in [-0.1, -0.05) is 11.6 Å². The Labute approximate surface area is 127 Å². The predicted molar refractivity (Wildman–Crippen MR) is 79.6 cm³/mol. The molecule has 0 amide bonds. The number of methoxy groups -OCH3 is 1. The van der Waals surface area contributed by atoms with E-state index in [2.05, 4.69) is 5.32 Å². The van der Waals surface area contributed by atoms with Crippen LogP contribution in [0.1, 0.15) is 5.56 Å². The lowest BCUT2D eigenvalue weighted by Crippen LogP contribution is -2.00. The maximum Gasteiger partial charge on any atom is 0.231 e. The third-order valence-corrected chi connectivity index (χ3v) is 3.54. The summed E-state index contributed by atoms with van der Waals surface area (Å²) in [5.74, 6) is 2.06. The molecule has 6 heteroatoms. The number of hydrogen-bond acceptors (Lipinski definition) is 5. The Morgan fingerprint density at radius 3 is 2.71 bits per heavy atom. The highest BCUT2D eigenvalue weighted by atomic mass is 35.5. The van der Waals surface area contributed by atoms with E-state index in [9.17, 15) is 5.11 Å². The Hall–Kier alpha value is -2.27. The van der Waals surface area contributed by atoms with Gasteiger partial charge in [-0.3, -0.25) is 0 Å². The molecule has 3 rings (SSSR count). The number of hydrogen-bond donors (Lipinski definition) is 2. The summed E-state index contributed by atoms with van der Waals surface area (Å²) in [6.07, 6.45) is 0. The molecule has 1 aliphatic rings. The zero-order valence-corrected chi connectivity index (χ0v) is 12.1. The van der Waals surface area contributed by atoms with Crippen LogP contribution in [0.25, 0.3) is 0 Å². The number of nitrogens with one attached hydrogen (secondary N) is 1. The molecule has 0 unspecified atom stereocenters. The van der Waals surface area contributed by atoms with Crippen molar-refractivity contribution in [2.24, 2.45) is 0 Å². The van der Waals surface area contributed by atoms with Crippen molar-refractivity contribution in [3.63, 3.8) is 0 Å². The molecule has 0 spiro atoms. The second kappa shape index (κ2) is 5.61. The van der Waals surface area contributed by atoms with Crippen molar-refractivity contribution in [1.82, 2.24) is 0 Å². The third kappa shape index (κ3) is 2.78. The van der Waals surface area contributed by atoms with Gasteiger partial charge in [0, 0.05) is 30.3 Å². The van der Waals surface area contributed by atoms with E-state index >= 15 is 0 Å². The first-order chi connectivity index (χ1) is 10.2. The van der Waals surface area contributed by atoms with Gasteiger partial charge in [-0.05, 0) is 12.1 Å². The Morgan fingerprint density at radius 2 is 2.00 bits per heavy atom. The van der Waals surface area contributed by atoms with Gasteiger partial charge in [0.25, 0.3) is 0 Å². The molecule has 2 aromatic rings. The second-order valence-electron chi connectivity index (χ2n) is 4.53. The van der Waals surface area contributed by atoms with Gasteiger partial charge in [0.1, 0.15) is 11.5 Å². The molecule has 2 aromatic carbocycles. The van der Waals surface area contributed by atoms with Crippen molar-refractivity contribution in [1.29, 1.82) is 0 Å². The summed E-state index contributed by atoms with van der Waals surface area (Å²) >= 11 is 6.18. The number of aromatic hydroxyl groups is 1. The largest absolute Gasteiger partial charge is 0.507 e. The molecule has 1 heterocycles. The van der Waals surface area contributed by atoms with Crippen molar-refractivity contribution >= 4 is 17.3 Å². The first-order valence-corrected chi connectivity index (χ1v) is 6.74. The minimum atomic E-state index is 0.165. The van der Waals surface area contributed by atoms with E-state index in [0.717, 1.165) is 11.3 Å². The molecule has 21 heavy (non-hydrogen) atoms. The van der Waals surface area contributed by atoms with Gasteiger partial charge in [-0.25, -0.2) is 0 Å². The van der Waals surface area contributed by atoms with E-state index in [0.29, 0.717) is 28.8 Å². The topological polar surface area (TPSA) is 60.0 Å². The fourth-order valence-electron chi connectivity index (χ4n) is 2.06. The van der Waals surface area contributed by atoms with Gasteiger partial charge in [0.2, 0.25) is 6.79 Å². The predicted octanol–water partition coefficient (Wildman–Crippen LogP) is 3.40. The van der Waals surface area contributed by atoms with E-state index in [1.807, 2.05) is 0 Å². The number of rotatable bonds is 4. The summed E-state index contributed by atoms with van der Waals surface area (Å²) in [4.78, 5) is 0. The summed E-state index contributed by atoms with van der Waals surface area (Å²) in [5, 5.41) is 13.6. The molecule has 1 aliphatic heterocycles. The molecule has 110 valence electrons. The van der Waals surface area contributed by atoms with Gasteiger partial charge in [0.15, 0.2) is 11.5 Å². The molecule has 0 saturated heterocycles. The second-order valence-corrected chi connectivity index (χ2v) is 4.94. The molecular weight excluding hydrogens is 294 g/mol. The monoisotopic (exact) mass is 307 g/mol. The zero-order chi connectivity index (χ0) is 14.8. The van der Waals surface area contributed by atoms with E-state index in [1.165, 1.54) is 0 Å². The van der Waals surface area contributed by atoms with Crippen molar-refractivity contribution in [3.8, 4) is 23.0 Å². The highest BCUT2D eigenvalue weighted by molar-refractivity contribution is 6.33. The van der Waals surface area contributed by atoms with Crippen molar-refractivity contribution < 1.29 is 19.3 Å². The fourth-order valence-corrected chi connectivity index (χ4v) is 2.28. The van der Waals surface area contributed by atoms with Crippen LogP contribution in [-0.2, 0) is 6.54 Å². The smallest absolute Gasteiger partial charge is 0.231 e. The molecule has 0 saturated carbocycles. The Bertz CT molecular complexity index is 675. The summed E-state index contributed by atoms with van der Waals surface area (Å²) in [7, 11) is 1.55. The van der Waals surface area contributed by atoms with Crippen molar-refractivity contribution in [2.75, 3.05) is 19.2 Å². The van der Waals surface area contributed by atoms with Gasteiger partial charge in [-0.2, -0.15) is 0 Å². The number of anilines is 1. The van der Waals surface area contributed by atoms with Gasteiger partial charge < -0.3 is 24.6 Å². The SMILES string of the molecule is COc1ccc(CNc2cc3c(cc2Cl)OCO3)c(O)c1. The lowest BCUT2D eigenvalue weighted by Gasteiger charge is -2.11. The number of fused-ring (bicyclic) bond motifs is 1. The maximum atomic E-state index is 9.93. The molecule has 2 N–H and O–H groups in total. The van der Waals surface area contributed by atoms with E-state index in [-0.39, 0.29) is 12.5 Å². The van der Waals surface area contributed by atoms with Crippen LogP contribution in [0.3, 0.4) is 0 Å². The third-order valence-electron chi connectivity index (χ3n) is 3.22. The number of ether oxygens (including phenoxy) is 3. The van der Waals surface area contributed by atoms with E-state index < -0.39 is 0 Å². The first-order valence-electron chi connectivity index (χ1n) is 6.36. The number of halogens is 1. The van der Waals surface area contributed by atoms with Crippen molar-refractivity contribution in [3.05, 3.63) is 40.9 Å². The minimum absolute atomic E-state index is 0.165. The van der Waals surface area contributed by atoms with Crippen LogP contribution < -0.4 is 19.5 Å². The number of phenols is 1. The molecule has 0 aliphatic carbocycles. The molecule has 0 bridgehead atoms. The standard InChI is InChI=1S/C15H14ClNO4/c1-19-10-3-2-9(13(18)4-10)7-17-12-6-15-14(5-11(12)16)20-8-21-15/h2-6,17-18H,7-8H2,1H3. The van der Waals surface area contributed by atoms with Crippen LogP contribution in [-0.4, -0.2) is 19.0 Å². The van der Waals surface area contributed by atoms with Crippen LogP contribution in [0.2, 0.25) is 5.02 Å². The average molecular weight is 308 g/mol. The Kier molecular flexibility index (Phi) is 3.66. The average Bonchev–Trinajstić information content (AvgIpc) is 2.92. The zero-order valence-electron chi connectivity index (χ0n) is 11.4. The molecular formula is C15H14ClNO4. The van der Waals surface area contributed by atoms with Crippen LogP contribution in [0, 0.1) is 0 Å². The molecule has 0 aromatic heterocycles. The summed E-state index contributed by atoms with van der Waals surface area (Å²) in [6.45, 7) is 0.629. The molecule has 0 atom stereocenters. The number of benzene rings is 2. The quantitative estimate of drug-likeness (QED) is 0.906. The first kappa shape index (κ1) is 13.7. The van der Waals surface area contributed by atoms with Crippen LogP contribution in [0.15, 0.2) is 30.3 Å². The van der Waals surface area contributed by atoms with Crippen LogP contribution in [0.5, 0.6) is 23.0 Å². The Balaban J connectivity index is 1.76. The van der Waals surface area contributed by atoms with Gasteiger partial charge >= 0.3 is 0 Å². The lowest BCUT2D eigenvalue weighted by molar-refractivity contribution is 0.174. The fraction of sp³-hybridized carbons (Fsp3) is 0.200. The molecule has 0 radical (unpaired) electrons. The van der Waals surface area contributed by atoms with Gasteiger partial charge in [0.05, 0.1) is 17.8 Å². The van der Waals surface area contributed by atoms with Crippen LogP contribution in [0.4, 0.5) is 5.69 Å². The van der Waals surface area contributed by atoms with Crippen LogP contribution >= 0.6 is 11.6 Å². The van der Waals surface area contributed by atoms with E-state index in [1.54, 1.807) is 37.4 Å². The highest BCUT2D eigenvalue weighted by Gasteiger charge is 2.16. The Morgan fingerprint density at radius 1 is 1.24 bits per heavy atom. The summed E-state index contributed by atoms with van der Waals surface area (Å²) < 4.78 is 15.6. The molecule has 5 nitrogen and oxygen atoms in total. The lowest BCUT2D eigenvalue weighted by atomic mass is 10.2. The summed E-state index contributed by atoms with van der Waals surface area (Å²) in [5.41, 5.74) is 1.46. The normalized spacial score (nSPS) is 12.3. The maximum absolute atomic E-state index is 9.93. The summed E-state index contributed by atoms with van der Waals surface area (Å²) in [6, 6.07) is 8.64. The molecule has 0 fully saturated rings. The van der Waals surface area contributed by atoms with Crippen molar-refractivity contribution in [2.45, 2.75) is 6.54 Å². The highest BCUT2D eigenvalue weighted by Crippen LogP contribution is 2.39. The van der Waals surface area contributed by atoms with E-state index in [4.69, 9.17) is 25.8 Å².